The second-order valence-corrected chi connectivity index (χ2v) is 9.85. The molecule has 0 aliphatic heterocycles. The average Bonchev–Trinajstić information content (AvgIpc) is 3.36. The van der Waals surface area contributed by atoms with E-state index in [2.05, 4.69) is 45.1 Å². The monoisotopic (exact) mass is 561 g/mol. The van der Waals surface area contributed by atoms with Gasteiger partial charge in [-0.25, -0.2) is 0 Å². The first-order valence-electron chi connectivity index (χ1n) is 12.7. The molecule has 0 bridgehead atoms. The van der Waals surface area contributed by atoms with Gasteiger partial charge in [0.15, 0.2) is 11.5 Å². The summed E-state index contributed by atoms with van der Waals surface area (Å²) in [6, 6.07) is 24.1. The van der Waals surface area contributed by atoms with Crippen LogP contribution in [0.4, 0.5) is 0 Å². The third-order valence-electron chi connectivity index (χ3n) is 6.53. The lowest BCUT2D eigenvalue weighted by Crippen LogP contribution is -2.19. The summed E-state index contributed by atoms with van der Waals surface area (Å²) in [5.74, 6) is 0.767. The van der Waals surface area contributed by atoms with Gasteiger partial charge < -0.3 is 20.8 Å². The van der Waals surface area contributed by atoms with E-state index in [1.165, 1.54) is 0 Å². The molecular formula is C30H29Cl2N5O2. The minimum Gasteiger partial charge on any atom is -0.395 e. The minimum atomic E-state index is 0.0682. The van der Waals surface area contributed by atoms with Crippen LogP contribution in [0.5, 0.6) is 0 Å². The summed E-state index contributed by atoms with van der Waals surface area (Å²) in [5, 5.41) is 34.1. The molecule has 0 spiro atoms. The first kappa shape index (κ1) is 27.3. The number of nitrogens with one attached hydrogen (secondary N) is 2. The summed E-state index contributed by atoms with van der Waals surface area (Å²) >= 11 is 14.0. The molecule has 0 unspecified atom stereocenters. The molecule has 5 aromatic rings. The highest BCUT2D eigenvalue weighted by molar-refractivity contribution is 6.39. The van der Waals surface area contributed by atoms with Crippen molar-refractivity contribution in [1.82, 2.24) is 25.2 Å². The molecule has 2 aromatic heterocycles. The van der Waals surface area contributed by atoms with E-state index in [0.29, 0.717) is 41.9 Å². The van der Waals surface area contributed by atoms with Gasteiger partial charge in [0.2, 0.25) is 0 Å². The van der Waals surface area contributed by atoms with Crippen molar-refractivity contribution in [2.75, 3.05) is 26.3 Å². The molecule has 0 amide bonds. The number of aromatic nitrogens is 3. The van der Waals surface area contributed by atoms with Gasteiger partial charge in [0.25, 0.3) is 0 Å². The van der Waals surface area contributed by atoms with Gasteiger partial charge >= 0.3 is 0 Å². The Morgan fingerprint density at radius 3 is 1.90 bits per heavy atom. The van der Waals surface area contributed by atoms with E-state index in [-0.39, 0.29) is 13.2 Å². The molecule has 0 saturated carbocycles. The molecule has 0 radical (unpaired) electrons. The Bertz CT molecular complexity index is 1570. The fourth-order valence-corrected chi connectivity index (χ4v) is 5.22. The van der Waals surface area contributed by atoms with Crippen molar-refractivity contribution in [3.8, 4) is 33.4 Å². The Hall–Kier alpha value is -3.30. The second-order valence-electron chi connectivity index (χ2n) is 9.09. The van der Waals surface area contributed by atoms with Crippen molar-refractivity contribution in [2.24, 2.45) is 0 Å². The third kappa shape index (κ3) is 5.99. The SMILES string of the molecule is OCCNCc1ccc(-c2cccc(-c3cccc(-c4ccn5c(CNCCO)nnc5c4)c3Cl)c2Cl)cc1. The Labute approximate surface area is 237 Å². The molecule has 5 rings (SSSR count). The summed E-state index contributed by atoms with van der Waals surface area (Å²) in [4.78, 5) is 0. The van der Waals surface area contributed by atoms with Crippen LogP contribution in [0.25, 0.3) is 39.0 Å². The van der Waals surface area contributed by atoms with E-state index in [4.69, 9.17) is 33.4 Å². The quantitative estimate of drug-likeness (QED) is 0.165. The van der Waals surface area contributed by atoms with Crippen LogP contribution in [-0.2, 0) is 13.1 Å². The van der Waals surface area contributed by atoms with Crippen LogP contribution < -0.4 is 10.6 Å². The predicted molar refractivity (Wildman–Crippen MR) is 157 cm³/mol. The molecule has 0 saturated heterocycles. The number of hydrogen-bond acceptors (Lipinski definition) is 6. The number of hydrogen-bond donors (Lipinski definition) is 4. The lowest BCUT2D eigenvalue weighted by atomic mass is 9.95. The highest BCUT2D eigenvalue weighted by atomic mass is 35.5. The third-order valence-corrected chi connectivity index (χ3v) is 7.35. The Morgan fingerprint density at radius 1 is 0.667 bits per heavy atom. The fourth-order valence-electron chi connectivity index (χ4n) is 4.55. The summed E-state index contributed by atoms with van der Waals surface area (Å²) in [6.07, 6.45) is 1.93. The maximum absolute atomic E-state index is 9.00. The normalized spacial score (nSPS) is 11.4. The number of aliphatic hydroxyl groups excluding tert-OH is 2. The number of nitrogens with zero attached hydrogens (tertiary/aromatic N) is 3. The molecule has 2 heterocycles. The van der Waals surface area contributed by atoms with Gasteiger partial charge in [-0.2, -0.15) is 0 Å². The fraction of sp³-hybridized carbons (Fsp3) is 0.200. The lowest BCUT2D eigenvalue weighted by molar-refractivity contribution is 0.291. The van der Waals surface area contributed by atoms with Crippen molar-refractivity contribution in [3.05, 3.63) is 100 Å². The van der Waals surface area contributed by atoms with Crippen LogP contribution in [0.3, 0.4) is 0 Å². The molecule has 9 heteroatoms. The van der Waals surface area contributed by atoms with Crippen molar-refractivity contribution in [3.63, 3.8) is 0 Å². The number of halogens is 2. The van der Waals surface area contributed by atoms with Gasteiger partial charge in [0.05, 0.1) is 29.8 Å². The van der Waals surface area contributed by atoms with Crippen molar-refractivity contribution in [1.29, 1.82) is 0 Å². The molecule has 0 aliphatic rings. The molecule has 0 fully saturated rings. The molecule has 0 atom stereocenters. The maximum atomic E-state index is 9.00. The number of rotatable bonds is 11. The number of aliphatic hydroxyl groups is 2. The summed E-state index contributed by atoms with van der Waals surface area (Å²) in [7, 11) is 0. The van der Waals surface area contributed by atoms with Gasteiger partial charge in [0, 0.05) is 48.1 Å². The van der Waals surface area contributed by atoms with Crippen LogP contribution in [0, 0.1) is 0 Å². The summed E-state index contributed by atoms with van der Waals surface area (Å²) < 4.78 is 1.92. The highest BCUT2D eigenvalue weighted by Gasteiger charge is 2.16. The van der Waals surface area contributed by atoms with Crippen LogP contribution in [0.15, 0.2) is 79.0 Å². The number of benzene rings is 3. The standard InChI is InChI=1S/C30H29Cl2N5O2/c31-29-23(21-9-7-20(8-10-21)18-33-12-15-38)3-1-5-25(29)26-6-2-4-24(30(26)32)22-11-14-37-27(17-22)35-36-28(37)19-34-13-16-39/h1-11,14,17,33-34,38-39H,12-13,15-16,18-19H2. The average molecular weight is 563 g/mol. The topological polar surface area (TPSA) is 94.7 Å². The zero-order valence-corrected chi connectivity index (χ0v) is 22.8. The highest BCUT2D eigenvalue weighted by Crippen LogP contribution is 2.42. The van der Waals surface area contributed by atoms with E-state index in [1.807, 2.05) is 59.1 Å². The molecule has 7 nitrogen and oxygen atoms in total. The van der Waals surface area contributed by atoms with Gasteiger partial charge in [-0.05, 0) is 28.8 Å². The Morgan fingerprint density at radius 2 is 1.26 bits per heavy atom. The van der Waals surface area contributed by atoms with Gasteiger partial charge in [-0.15, -0.1) is 10.2 Å². The zero-order chi connectivity index (χ0) is 27.2. The van der Waals surface area contributed by atoms with E-state index < -0.39 is 0 Å². The van der Waals surface area contributed by atoms with Crippen LogP contribution >= 0.6 is 23.2 Å². The zero-order valence-electron chi connectivity index (χ0n) is 21.2. The van der Waals surface area contributed by atoms with E-state index in [0.717, 1.165) is 44.8 Å². The number of fused-ring (bicyclic) bond motifs is 1. The first-order valence-corrected chi connectivity index (χ1v) is 13.5. The van der Waals surface area contributed by atoms with Gasteiger partial charge in [0.1, 0.15) is 0 Å². The predicted octanol–water partition coefficient (Wildman–Crippen LogP) is 5.20. The van der Waals surface area contributed by atoms with E-state index >= 15 is 0 Å². The molecule has 200 valence electrons. The largest absolute Gasteiger partial charge is 0.395 e. The smallest absolute Gasteiger partial charge is 0.161 e. The molecule has 0 aliphatic carbocycles. The van der Waals surface area contributed by atoms with Gasteiger partial charge in [-0.1, -0.05) is 83.9 Å². The van der Waals surface area contributed by atoms with E-state index in [1.54, 1.807) is 0 Å². The van der Waals surface area contributed by atoms with E-state index in [9.17, 15) is 0 Å². The Kier molecular flexibility index (Phi) is 8.88. The first-order chi connectivity index (χ1) is 19.1. The molecule has 39 heavy (non-hydrogen) atoms. The summed E-state index contributed by atoms with van der Waals surface area (Å²) in [5.41, 5.74) is 7.30. The molecular weight excluding hydrogens is 533 g/mol. The molecule has 3 aromatic carbocycles. The van der Waals surface area contributed by atoms with Crippen molar-refractivity contribution < 1.29 is 10.2 Å². The minimum absolute atomic E-state index is 0.0682. The molecule has 4 N–H and O–H groups in total. The lowest BCUT2D eigenvalue weighted by Gasteiger charge is -2.14. The maximum Gasteiger partial charge on any atom is 0.161 e. The van der Waals surface area contributed by atoms with Gasteiger partial charge in [-0.3, -0.25) is 4.40 Å². The van der Waals surface area contributed by atoms with Crippen LogP contribution in [0.2, 0.25) is 10.0 Å². The van der Waals surface area contributed by atoms with Crippen molar-refractivity contribution >= 4 is 28.8 Å². The Balaban J connectivity index is 1.45. The second kappa shape index (κ2) is 12.7. The van der Waals surface area contributed by atoms with Crippen molar-refractivity contribution in [2.45, 2.75) is 13.1 Å². The van der Waals surface area contributed by atoms with Crippen LogP contribution in [-0.4, -0.2) is 51.1 Å². The summed E-state index contributed by atoms with van der Waals surface area (Å²) in [6.45, 7) is 2.44. The van der Waals surface area contributed by atoms with Crippen LogP contribution in [0.1, 0.15) is 11.4 Å². The number of pyridine rings is 1.